The number of pyridine rings is 1. The average Bonchev–Trinajstić information content (AvgIpc) is 3.00. The fraction of sp³-hybridized carbons (Fsp3) is 0.222. The molecule has 25 heavy (non-hydrogen) atoms. The van der Waals surface area contributed by atoms with Crippen molar-refractivity contribution >= 4 is 22.3 Å². The van der Waals surface area contributed by atoms with E-state index in [9.17, 15) is 8.78 Å². The molecule has 2 aromatic heterocycles. The molecule has 0 aliphatic heterocycles. The van der Waals surface area contributed by atoms with Crippen molar-refractivity contribution in [1.82, 2.24) is 9.97 Å². The fourth-order valence-electron chi connectivity index (χ4n) is 2.03. The smallest absolute Gasteiger partial charge is 0.198 e. The van der Waals surface area contributed by atoms with Gasteiger partial charge in [0.2, 0.25) is 0 Å². The van der Waals surface area contributed by atoms with E-state index in [0.717, 1.165) is 17.8 Å². The molecule has 2 heterocycles. The third-order valence-electron chi connectivity index (χ3n) is 3.38. The van der Waals surface area contributed by atoms with Gasteiger partial charge in [-0.1, -0.05) is 26.8 Å². The number of thiazole rings is 1. The molecule has 0 saturated carbocycles. The van der Waals surface area contributed by atoms with Crippen LogP contribution in [0.25, 0.3) is 0 Å². The van der Waals surface area contributed by atoms with Gasteiger partial charge in [-0.2, -0.15) is 0 Å². The summed E-state index contributed by atoms with van der Waals surface area (Å²) < 4.78 is 32.7. The van der Waals surface area contributed by atoms with E-state index in [0.29, 0.717) is 10.9 Å². The van der Waals surface area contributed by atoms with Gasteiger partial charge < -0.3 is 10.1 Å². The number of nitrogens with zero attached hydrogens (tertiary/aromatic N) is 2. The lowest BCUT2D eigenvalue weighted by atomic mass is 9.93. The molecule has 0 aliphatic rings. The Balaban J connectivity index is 1.79. The van der Waals surface area contributed by atoms with Crippen LogP contribution in [0, 0.1) is 11.6 Å². The second-order valence-corrected chi connectivity index (χ2v) is 7.30. The summed E-state index contributed by atoms with van der Waals surface area (Å²) in [7, 11) is 0. The van der Waals surface area contributed by atoms with Gasteiger partial charge in [0.1, 0.15) is 11.6 Å². The highest BCUT2D eigenvalue weighted by molar-refractivity contribution is 7.13. The zero-order chi connectivity index (χ0) is 18.0. The summed E-state index contributed by atoms with van der Waals surface area (Å²) in [5.74, 6) is -1.22. The van der Waals surface area contributed by atoms with E-state index in [1.165, 1.54) is 29.7 Å². The highest BCUT2D eigenvalue weighted by Gasteiger charge is 2.17. The first kappa shape index (κ1) is 17.3. The molecule has 7 heteroatoms. The molecule has 4 nitrogen and oxygen atoms in total. The van der Waals surface area contributed by atoms with Crippen LogP contribution in [0.5, 0.6) is 11.5 Å². The second kappa shape index (κ2) is 6.76. The first-order chi connectivity index (χ1) is 11.8. The molecule has 0 saturated heterocycles. The monoisotopic (exact) mass is 361 g/mol. The van der Waals surface area contributed by atoms with Gasteiger partial charge in [0, 0.05) is 23.1 Å². The van der Waals surface area contributed by atoms with Crippen molar-refractivity contribution in [3.8, 4) is 11.5 Å². The summed E-state index contributed by atoms with van der Waals surface area (Å²) >= 11 is 1.46. The van der Waals surface area contributed by atoms with Gasteiger partial charge in [0.15, 0.2) is 22.5 Å². The van der Waals surface area contributed by atoms with Crippen LogP contribution in [-0.4, -0.2) is 9.97 Å². The summed E-state index contributed by atoms with van der Waals surface area (Å²) in [5, 5.41) is 5.75. The van der Waals surface area contributed by atoms with Gasteiger partial charge in [-0.15, -0.1) is 11.3 Å². The Kier molecular flexibility index (Phi) is 4.67. The lowest BCUT2D eigenvalue weighted by molar-refractivity contribution is 0.407. The molecule has 3 aromatic rings. The van der Waals surface area contributed by atoms with Crippen LogP contribution >= 0.6 is 11.3 Å². The van der Waals surface area contributed by atoms with Gasteiger partial charge in [0.05, 0.1) is 5.69 Å². The SMILES string of the molecule is CC(C)(C)c1csc(Nc2cc(Oc3c(F)cccc3F)ccn2)n1. The Morgan fingerprint density at radius 2 is 1.84 bits per heavy atom. The molecule has 0 aliphatic carbocycles. The molecule has 0 bridgehead atoms. The van der Waals surface area contributed by atoms with E-state index in [2.05, 4.69) is 36.1 Å². The lowest BCUT2D eigenvalue weighted by Gasteiger charge is -2.14. The Bertz CT molecular complexity index is 870. The standard InChI is InChI=1S/C18H17F2N3OS/c1-18(2,3)14-10-25-17(22-14)23-15-9-11(7-8-21-15)24-16-12(19)5-4-6-13(16)20/h4-10H,1-3H3,(H,21,22,23). The van der Waals surface area contributed by atoms with Crippen molar-refractivity contribution < 1.29 is 13.5 Å². The van der Waals surface area contributed by atoms with Crippen LogP contribution in [0.1, 0.15) is 26.5 Å². The maximum absolute atomic E-state index is 13.7. The maximum atomic E-state index is 13.7. The van der Waals surface area contributed by atoms with Crippen molar-refractivity contribution in [2.75, 3.05) is 5.32 Å². The predicted octanol–water partition coefficient (Wildman–Crippen LogP) is 5.65. The number of hydrogen-bond donors (Lipinski definition) is 1. The van der Waals surface area contributed by atoms with Crippen molar-refractivity contribution in [2.45, 2.75) is 26.2 Å². The van der Waals surface area contributed by atoms with E-state index in [4.69, 9.17) is 4.74 Å². The third kappa shape index (κ3) is 4.11. The highest BCUT2D eigenvalue weighted by atomic mass is 32.1. The largest absolute Gasteiger partial charge is 0.451 e. The first-order valence-electron chi connectivity index (χ1n) is 7.64. The zero-order valence-corrected chi connectivity index (χ0v) is 14.8. The summed E-state index contributed by atoms with van der Waals surface area (Å²) in [6.07, 6.45) is 1.49. The average molecular weight is 361 g/mol. The topological polar surface area (TPSA) is 47.0 Å². The van der Waals surface area contributed by atoms with Crippen molar-refractivity contribution in [3.63, 3.8) is 0 Å². The van der Waals surface area contributed by atoms with E-state index in [-0.39, 0.29) is 11.2 Å². The minimum absolute atomic E-state index is 0.0445. The number of nitrogens with one attached hydrogen (secondary N) is 1. The first-order valence-corrected chi connectivity index (χ1v) is 8.52. The predicted molar refractivity (Wildman–Crippen MR) is 94.8 cm³/mol. The van der Waals surface area contributed by atoms with E-state index < -0.39 is 17.4 Å². The molecule has 1 N–H and O–H groups in total. The third-order valence-corrected chi connectivity index (χ3v) is 4.14. The molecule has 1 aromatic carbocycles. The number of halogens is 2. The number of hydrogen-bond acceptors (Lipinski definition) is 5. The summed E-state index contributed by atoms with van der Waals surface area (Å²) in [5.41, 5.74) is 0.929. The minimum Gasteiger partial charge on any atom is -0.451 e. The second-order valence-electron chi connectivity index (χ2n) is 6.44. The van der Waals surface area contributed by atoms with Gasteiger partial charge in [0.25, 0.3) is 0 Å². The van der Waals surface area contributed by atoms with E-state index >= 15 is 0 Å². The molecule has 0 fully saturated rings. The molecule has 0 amide bonds. The molecule has 0 atom stereocenters. The highest BCUT2D eigenvalue weighted by Crippen LogP contribution is 2.30. The number of para-hydroxylation sites is 1. The van der Waals surface area contributed by atoms with Gasteiger partial charge >= 0.3 is 0 Å². The minimum atomic E-state index is -0.763. The molecular weight excluding hydrogens is 344 g/mol. The van der Waals surface area contributed by atoms with Crippen LogP contribution in [-0.2, 0) is 5.41 Å². The summed E-state index contributed by atoms with van der Waals surface area (Å²) in [6, 6.07) is 6.65. The number of ether oxygens (including phenoxy) is 1. The normalized spacial score (nSPS) is 11.4. The Hall–Kier alpha value is -2.54. The molecule has 0 spiro atoms. The molecular formula is C18H17F2N3OS. The lowest BCUT2D eigenvalue weighted by Crippen LogP contribution is -2.11. The molecule has 0 unspecified atom stereocenters. The molecule has 3 rings (SSSR count). The zero-order valence-electron chi connectivity index (χ0n) is 14.0. The van der Waals surface area contributed by atoms with Crippen LogP contribution in [0.3, 0.4) is 0 Å². The quantitative estimate of drug-likeness (QED) is 0.652. The maximum Gasteiger partial charge on any atom is 0.198 e. The van der Waals surface area contributed by atoms with Crippen molar-refractivity contribution in [3.05, 3.63) is 59.2 Å². The van der Waals surface area contributed by atoms with Crippen molar-refractivity contribution in [2.24, 2.45) is 0 Å². The number of aromatic nitrogens is 2. The van der Waals surface area contributed by atoms with Gasteiger partial charge in [-0.25, -0.2) is 18.7 Å². The molecule has 0 radical (unpaired) electrons. The number of benzene rings is 1. The van der Waals surface area contributed by atoms with Gasteiger partial charge in [-0.05, 0) is 18.2 Å². The van der Waals surface area contributed by atoms with E-state index in [1.54, 1.807) is 6.07 Å². The Morgan fingerprint density at radius 1 is 1.12 bits per heavy atom. The number of rotatable bonds is 4. The molecule has 130 valence electrons. The fourth-order valence-corrected chi connectivity index (χ4v) is 2.97. The number of anilines is 2. The Labute approximate surface area is 148 Å². The summed E-state index contributed by atoms with van der Waals surface area (Å²) in [6.45, 7) is 6.25. The van der Waals surface area contributed by atoms with Gasteiger partial charge in [-0.3, -0.25) is 0 Å². The summed E-state index contributed by atoms with van der Waals surface area (Å²) in [4.78, 5) is 8.71. The van der Waals surface area contributed by atoms with Crippen LogP contribution in [0.4, 0.5) is 19.7 Å². The van der Waals surface area contributed by atoms with Crippen LogP contribution in [0.2, 0.25) is 0 Å². The van der Waals surface area contributed by atoms with Crippen molar-refractivity contribution in [1.29, 1.82) is 0 Å². The Morgan fingerprint density at radius 3 is 2.48 bits per heavy atom. The van der Waals surface area contributed by atoms with E-state index in [1.807, 2.05) is 5.38 Å². The van der Waals surface area contributed by atoms with Crippen LogP contribution in [0.15, 0.2) is 41.9 Å². The van der Waals surface area contributed by atoms with Crippen LogP contribution < -0.4 is 10.1 Å².